The molecule has 0 bridgehead atoms. The van der Waals surface area contributed by atoms with Gasteiger partial charge in [-0.05, 0) is 56.9 Å². The van der Waals surface area contributed by atoms with Crippen LogP contribution in [0.4, 0.5) is 0 Å². The van der Waals surface area contributed by atoms with Gasteiger partial charge in [-0.3, -0.25) is 4.79 Å². The maximum Gasteiger partial charge on any atom is 0.163 e. The molecule has 5 nitrogen and oxygen atoms in total. The van der Waals surface area contributed by atoms with E-state index in [9.17, 15) is 20.1 Å². The average molecular weight is 421 g/mol. The fourth-order valence-electron chi connectivity index (χ4n) is 3.31. The number of Topliss-reactive ketones (excluding diaryl/α,β-unsaturated/α-hetero) is 1. The van der Waals surface area contributed by atoms with Crippen LogP contribution in [0, 0.1) is 0 Å². The summed E-state index contributed by atoms with van der Waals surface area (Å²) in [5.41, 5.74) is 1.59. The van der Waals surface area contributed by atoms with Gasteiger partial charge in [0.1, 0.15) is 11.5 Å². The van der Waals surface area contributed by atoms with E-state index in [1.165, 1.54) is 13.0 Å². The SMILES string of the molecule is CCCc1c(OCCCCCCc2c(Cl)ccc(O)c2O)ccc(C(C)=O)c1O. The van der Waals surface area contributed by atoms with Gasteiger partial charge in [-0.2, -0.15) is 0 Å². The highest BCUT2D eigenvalue weighted by atomic mass is 35.5. The Balaban J connectivity index is 1.80. The normalized spacial score (nSPS) is 10.9. The molecule has 3 N–H and O–H groups in total. The minimum absolute atomic E-state index is 0.0275. The van der Waals surface area contributed by atoms with Crippen molar-refractivity contribution in [2.75, 3.05) is 6.61 Å². The van der Waals surface area contributed by atoms with Gasteiger partial charge in [-0.25, -0.2) is 0 Å². The number of ether oxygens (including phenoxy) is 1. The molecule has 0 saturated carbocycles. The monoisotopic (exact) mass is 420 g/mol. The molecule has 0 unspecified atom stereocenters. The summed E-state index contributed by atoms with van der Waals surface area (Å²) in [5.74, 6) is 0.201. The fraction of sp³-hybridized carbons (Fsp3) is 0.435. The number of halogens is 1. The number of rotatable bonds is 11. The van der Waals surface area contributed by atoms with E-state index in [1.54, 1.807) is 18.2 Å². The molecule has 0 aliphatic heterocycles. The Labute approximate surface area is 176 Å². The van der Waals surface area contributed by atoms with E-state index < -0.39 is 0 Å². The van der Waals surface area contributed by atoms with Crippen LogP contribution in [-0.4, -0.2) is 27.7 Å². The number of carbonyl (C=O) groups excluding carboxylic acids is 1. The lowest BCUT2D eigenvalue weighted by molar-refractivity contribution is 0.101. The molecule has 0 radical (unpaired) electrons. The number of benzene rings is 2. The lowest BCUT2D eigenvalue weighted by atomic mass is 10.0. The lowest BCUT2D eigenvalue weighted by Crippen LogP contribution is -2.03. The minimum atomic E-state index is -0.163. The van der Waals surface area contributed by atoms with Gasteiger partial charge in [-0.15, -0.1) is 0 Å². The van der Waals surface area contributed by atoms with E-state index in [-0.39, 0.29) is 23.0 Å². The third kappa shape index (κ3) is 6.04. The van der Waals surface area contributed by atoms with E-state index in [4.69, 9.17) is 16.3 Å². The summed E-state index contributed by atoms with van der Waals surface area (Å²) >= 11 is 6.08. The molecule has 2 aromatic rings. The van der Waals surface area contributed by atoms with Gasteiger partial charge in [-0.1, -0.05) is 37.8 Å². The first kappa shape index (κ1) is 22.9. The van der Waals surface area contributed by atoms with Crippen molar-refractivity contribution in [3.63, 3.8) is 0 Å². The largest absolute Gasteiger partial charge is 0.507 e. The highest BCUT2D eigenvalue weighted by Gasteiger charge is 2.16. The molecule has 0 heterocycles. The topological polar surface area (TPSA) is 87.0 Å². The number of carbonyl (C=O) groups is 1. The molecule has 29 heavy (non-hydrogen) atoms. The van der Waals surface area contributed by atoms with Crippen molar-refractivity contribution in [3.05, 3.63) is 46.0 Å². The van der Waals surface area contributed by atoms with Crippen LogP contribution in [-0.2, 0) is 12.8 Å². The molecule has 0 aliphatic rings. The predicted octanol–water partition coefficient (Wildman–Crippen LogP) is 5.79. The highest BCUT2D eigenvalue weighted by Crippen LogP contribution is 2.35. The van der Waals surface area contributed by atoms with Crippen molar-refractivity contribution in [2.45, 2.75) is 58.8 Å². The van der Waals surface area contributed by atoms with E-state index >= 15 is 0 Å². The maximum absolute atomic E-state index is 11.6. The van der Waals surface area contributed by atoms with E-state index in [0.717, 1.165) is 32.1 Å². The van der Waals surface area contributed by atoms with Crippen LogP contribution in [0.1, 0.15) is 67.4 Å². The van der Waals surface area contributed by atoms with E-state index in [2.05, 4.69) is 0 Å². The molecule has 158 valence electrons. The molecule has 0 amide bonds. The maximum atomic E-state index is 11.6. The van der Waals surface area contributed by atoms with Crippen LogP contribution in [0.3, 0.4) is 0 Å². The number of unbranched alkanes of at least 4 members (excludes halogenated alkanes) is 3. The van der Waals surface area contributed by atoms with Gasteiger partial charge >= 0.3 is 0 Å². The Morgan fingerprint density at radius 3 is 2.34 bits per heavy atom. The molecule has 0 saturated heterocycles. The minimum Gasteiger partial charge on any atom is -0.507 e. The molecule has 6 heteroatoms. The van der Waals surface area contributed by atoms with Crippen LogP contribution < -0.4 is 4.74 Å². The Morgan fingerprint density at radius 2 is 1.66 bits per heavy atom. The van der Waals surface area contributed by atoms with Gasteiger partial charge in [0.05, 0.1) is 12.2 Å². The number of hydrogen-bond acceptors (Lipinski definition) is 5. The molecule has 0 fully saturated rings. The van der Waals surface area contributed by atoms with Crippen molar-refractivity contribution in [1.82, 2.24) is 0 Å². The van der Waals surface area contributed by atoms with Gasteiger partial charge in [0.2, 0.25) is 0 Å². The zero-order valence-corrected chi connectivity index (χ0v) is 17.8. The standard InChI is InChI=1S/C23H29ClO5/c1-3-8-18-21(13-10-16(15(2)25)22(18)27)29-14-7-5-4-6-9-17-19(24)11-12-20(26)23(17)28/h10-13,26-28H,3-9,14H2,1-2H3. The smallest absolute Gasteiger partial charge is 0.163 e. The fourth-order valence-corrected chi connectivity index (χ4v) is 3.55. The predicted molar refractivity (Wildman–Crippen MR) is 115 cm³/mol. The van der Waals surface area contributed by atoms with Crippen LogP contribution in [0.25, 0.3) is 0 Å². The van der Waals surface area contributed by atoms with Gasteiger partial charge in [0.15, 0.2) is 17.3 Å². The Morgan fingerprint density at radius 1 is 0.931 bits per heavy atom. The van der Waals surface area contributed by atoms with Crippen LogP contribution in [0.15, 0.2) is 24.3 Å². The Hall–Kier alpha value is -2.40. The summed E-state index contributed by atoms with van der Waals surface area (Å²) in [6, 6.07) is 6.33. The number of phenols is 3. The second-order valence-electron chi connectivity index (χ2n) is 7.15. The second-order valence-corrected chi connectivity index (χ2v) is 7.56. The number of aromatic hydroxyl groups is 3. The van der Waals surface area contributed by atoms with Crippen molar-refractivity contribution in [1.29, 1.82) is 0 Å². The summed E-state index contributed by atoms with van der Waals surface area (Å²) in [6.45, 7) is 3.98. The zero-order chi connectivity index (χ0) is 21.4. The summed E-state index contributed by atoms with van der Waals surface area (Å²) in [4.78, 5) is 11.6. The summed E-state index contributed by atoms with van der Waals surface area (Å²) in [7, 11) is 0. The van der Waals surface area contributed by atoms with Crippen molar-refractivity contribution in [3.8, 4) is 23.0 Å². The molecule has 0 spiro atoms. The summed E-state index contributed by atoms with van der Waals surface area (Å²) < 4.78 is 5.86. The quantitative estimate of drug-likeness (QED) is 0.243. The first-order chi connectivity index (χ1) is 13.9. The Bertz CT molecular complexity index is 848. The highest BCUT2D eigenvalue weighted by molar-refractivity contribution is 6.31. The average Bonchev–Trinajstić information content (AvgIpc) is 2.68. The van der Waals surface area contributed by atoms with Gasteiger partial charge in [0, 0.05) is 16.1 Å². The molecule has 0 aliphatic carbocycles. The summed E-state index contributed by atoms with van der Waals surface area (Å²) in [5, 5.41) is 30.3. The summed E-state index contributed by atoms with van der Waals surface area (Å²) in [6.07, 6.45) is 5.66. The molecule has 2 aromatic carbocycles. The van der Waals surface area contributed by atoms with Crippen LogP contribution >= 0.6 is 11.6 Å². The van der Waals surface area contributed by atoms with Gasteiger partial charge < -0.3 is 20.1 Å². The molecule has 0 aromatic heterocycles. The van der Waals surface area contributed by atoms with Crippen molar-refractivity contribution < 1.29 is 24.9 Å². The lowest BCUT2D eigenvalue weighted by Gasteiger charge is -2.14. The second kappa shape index (κ2) is 11.0. The van der Waals surface area contributed by atoms with Gasteiger partial charge in [0.25, 0.3) is 0 Å². The van der Waals surface area contributed by atoms with Crippen molar-refractivity contribution >= 4 is 17.4 Å². The number of hydrogen-bond donors (Lipinski definition) is 3. The molecule has 0 atom stereocenters. The third-order valence-corrected chi connectivity index (χ3v) is 5.26. The number of phenolic OH excluding ortho intramolecular Hbond substituents is 3. The third-order valence-electron chi connectivity index (χ3n) is 4.90. The Kier molecular flexibility index (Phi) is 8.65. The zero-order valence-electron chi connectivity index (χ0n) is 17.0. The molecular formula is C23H29ClO5. The first-order valence-electron chi connectivity index (χ1n) is 10.0. The first-order valence-corrected chi connectivity index (χ1v) is 10.4. The van der Waals surface area contributed by atoms with Crippen LogP contribution in [0.5, 0.6) is 23.0 Å². The molecule has 2 rings (SSSR count). The van der Waals surface area contributed by atoms with Crippen LogP contribution in [0.2, 0.25) is 5.02 Å². The molecular weight excluding hydrogens is 392 g/mol. The van der Waals surface area contributed by atoms with E-state index in [1.807, 2.05) is 6.92 Å². The van der Waals surface area contributed by atoms with Crippen molar-refractivity contribution in [2.24, 2.45) is 0 Å². The van der Waals surface area contributed by atoms with E-state index in [0.29, 0.717) is 46.9 Å². The number of ketones is 1.